The van der Waals surface area contributed by atoms with Gasteiger partial charge in [0, 0.05) is 39.2 Å². The van der Waals surface area contributed by atoms with Crippen LogP contribution in [0.15, 0.2) is 164 Å². The molecule has 0 saturated carbocycles. The normalized spacial score (nSPS) is 12.6. The number of benzene rings is 7. The van der Waals surface area contributed by atoms with Crippen LogP contribution in [0.5, 0.6) is 0 Å². The lowest BCUT2D eigenvalue weighted by Crippen LogP contribution is -2.60. The van der Waals surface area contributed by atoms with Crippen LogP contribution in [0.3, 0.4) is 0 Å². The molecule has 0 radical (unpaired) electrons. The molecule has 3 heterocycles. The maximum Gasteiger partial charge on any atom is 0.252 e. The number of rotatable bonds is 4. The van der Waals surface area contributed by atoms with Crippen molar-refractivity contribution < 1.29 is 0 Å². The summed E-state index contributed by atoms with van der Waals surface area (Å²) in [6.45, 7) is 4.43. The fraction of sp³-hybridized carbons (Fsp3) is 0.0435. The highest BCUT2D eigenvalue weighted by atomic mass is 15.2. The van der Waals surface area contributed by atoms with Crippen LogP contribution in [-0.2, 0) is 0 Å². The first-order valence-electron chi connectivity index (χ1n) is 17.1. The molecule has 0 bridgehead atoms. The summed E-state index contributed by atoms with van der Waals surface area (Å²) in [4.78, 5) is 2.48. The van der Waals surface area contributed by atoms with Gasteiger partial charge in [0.25, 0.3) is 6.71 Å². The molecule has 0 amide bonds. The molecule has 1 aromatic heterocycles. The van der Waals surface area contributed by atoms with E-state index in [2.05, 4.69) is 187 Å². The minimum absolute atomic E-state index is 0.0915. The maximum atomic E-state index is 2.60. The first-order valence-corrected chi connectivity index (χ1v) is 17.1. The number of hydrogen-bond donors (Lipinski definition) is 0. The third-order valence-corrected chi connectivity index (χ3v) is 10.5. The SMILES string of the molecule is Cc1ccc(-c2c(-c3ccc(C)cc3)n3c4c(cccc24)B2c4ccccc4N(c4ccccc4)c4cc(-c5ccccc5)cc-3c42)cc1. The topological polar surface area (TPSA) is 8.17 Å². The zero-order chi connectivity index (χ0) is 32.6. The Balaban J connectivity index is 1.41. The predicted molar refractivity (Wildman–Crippen MR) is 208 cm³/mol. The van der Waals surface area contributed by atoms with Crippen molar-refractivity contribution in [2.45, 2.75) is 13.8 Å². The summed E-state index contributed by atoms with van der Waals surface area (Å²) in [7, 11) is 0. The van der Waals surface area contributed by atoms with E-state index in [1.165, 1.54) is 89.0 Å². The van der Waals surface area contributed by atoms with Crippen LogP contribution >= 0.6 is 0 Å². The van der Waals surface area contributed by atoms with E-state index in [1.54, 1.807) is 0 Å². The smallest absolute Gasteiger partial charge is 0.252 e. The Morgan fingerprint density at radius 3 is 1.80 bits per heavy atom. The van der Waals surface area contributed by atoms with Gasteiger partial charge in [-0.1, -0.05) is 145 Å². The summed E-state index contributed by atoms with van der Waals surface area (Å²) in [5.41, 5.74) is 20.1. The second kappa shape index (κ2) is 10.7. The van der Waals surface area contributed by atoms with Crippen molar-refractivity contribution in [1.29, 1.82) is 0 Å². The third-order valence-electron chi connectivity index (χ3n) is 10.5. The van der Waals surface area contributed by atoms with Crippen LogP contribution in [0, 0.1) is 13.8 Å². The Hall–Kier alpha value is -6.06. The van der Waals surface area contributed by atoms with Crippen molar-refractivity contribution in [3.05, 3.63) is 175 Å². The van der Waals surface area contributed by atoms with Crippen LogP contribution < -0.4 is 21.3 Å². The van der Waals surface area contributed by atoms with Crippen molar-refractivity contribution in [3.8, 4) is 39.2 Å². The number of aryl methyl sites for hydroxylation is 2. The van der Waals surface area contributed by atoms with Gasteiger partial charge in [-0.3, -0.25) is 0 Å². The molecule has 0 spiro atoms. The number of para-hydroxylation sites is 3. The minimum atomic E-state index is 0.0915. The van der Waals surface area contributed by atoms with Crippen LogP contribution in [0.25, 0.3) is 50.1 Å². The number of hydrogen-bond acceptors (Lipinski definition) is 1. The Morgan fingerprint density at radius 2 is 1.06 bits per heavy atom. The maximum absolute atomic E-state index is 2.60. The fourth-order valence-electron chi connectivity index (χ4n) is 8.32. The molecule has 10 rings (SSSR count). The van der Waals surface area contributed by atoms with E-state index in [-0.39, 0.29) is 6.71 Å². The second-order valence-corrected chi connectivity index (χ2v) is 13.5. The molecule has 0 aliphatic carbocycles. The molecule has 0 saturated heterocycles. The van der Waals surface area contributed by atoms with Crippen molar-refractivity contribution in [3.63, 3.8) is 0 Å². The highest BCUT2D eigenvalue weighted by Gasteiger charge is 2.43. The largest absolute Gasteiger partial charge is 0.311 e. The number of aromatic nitrogens is 1. The molecule has 3 heteroatoms. The van der Waals surface area contributed by atoms with Crippen LogP contribution in [0.4, 0.5) is 17.1 Å². The monoisotopic (exact) mass is 624 g/mol. The predicted octanol–water partition coefficient (Wildman–Crippen LogP) is 9.86. The molecule has 0 unspecified atom stereocenters. The molecule has 2 aliphatic heterocycles. The van der Waals surface area contributed by atoms with Gasteiger partial charge >= 0.3 is 0 Å². The zero-order valence-electron chi connectivity index (χ0n) is 27.6. The summed E-state index contributed by atoms with van der Waals surface area (Å²) in [5, 5.41) is 1.29. The highest BCUT2D eigenvalue weighted by molar-refractivity contribution is 7.00. The minimum Gasteiger partial charge on any atom is -0.311 e. The standard InChI is InChI=1S/C46H33BN2/c1-30-20-24-33(25-21-30)43-37-16-11-18-39-46(37)49(45(43)34-26-22-31(2)23-27-34)42-29-35(32-12-5-3-6-13-32)28-41-44(42)47(39)38-17-9-10-19-40(38)48(41)36-14-7-4-8-15-36/h3-29H,1-2H3. The zero-order valence-corrected chi connectivity index (χ0v) is 27.6. The quantitative estimate of drug-likeness (QED) is 0.177. The van der Waals surface area contributed by atoms with E-state index in [0.717, 1.165) is 5.69 Å². The Labute approximate surface area is 287 Å². The average molecular weight is 625 g/mol. The van der Waals surface area contributed by atoms with E-state index < -0.39 is 0 Å². The van der Waals surface area contributed by atoms with Gasteiger partial charge in [0.1, 0.15) is 0 Å². The lowest BCUT2D eigenvalue weighted by molar-refractivity contribution is 1.14. The third kappa shape index (κ3) is 4.15. The van der Waals surface area contributed by atoms with Crippen LogP contribution in [0.2, 0.25) is 0 Å². The van der Waals surface area contributed by atoms with E-state index in [0.29, 0.717) is 0 Å². The van der Waals surface area contributed by atoms with E-state index in [9.17, 15) is 0 Å². The molecule has 49 heavy (non-hydrogen) atoms. The second-order valence-electron chi connectivity index (χ2n) is 13.5. The molecule has 0 atom stereocenters. The highest BCUT2D eigenvalue weighted by Crippen LogP contribution is 2.47. The van der Waals surface area contributed by atoms with E-state index in [1.807, 2.05) is 0 Å². The molecule has 0 N–H and O–H groups in total. The summed E-state index contributed by atoms with van der Waals surface area (Å²) in [5.74, 6) is 0. The number of nitrogens with zero attached hydrogens (tertiary/aromatic N) is 2. The van der Waals surface area contributed by atoms with Gasteiger partial charge in [0.2, 0.25) is 0 Å². The lowest BCUT2D eigenvalue weighted by Gasteiger charge is -2.40. The van der Waals surface area contributed by atoms with Crippen LogP contribution in [-0.4, -0.2) is 11.3 Å². The average Bonchev–Trinajstić information content (AvgIpc) is 3.50. The van der Waals surface area contributed by atoms with Gasteiger partial charge in [-0.2, -0.15) is 0 Å². The van der Waals surface area contributed by atoms with E-state index in [4.69, 9.17) is 0 Å². The molecular weight excluding hydrogens is 591 g/mol. The van der Waals surface area contributed by atoms with Gasteiger partial charge in [-0.25, -0.2) is 0 Å². The molecule has 230 valence electrons. The molecule has 8 aromatic rings. The van der Waals surface area contributed by atoms with Gasteiger partial charge in [0.05, 0.1) is 5.69 Å². The molecule has 2 nitrogen and oxygen atoms in total. The van der Waals surface area contributed by atoms with Gasteiger partial charge in [-0.05, 0) is 82.8 Å². The molecule has 0 fully saturated rings. The van der Waals surface area contributed by atoms with Crippen molar-refractivity contribution in [2.75, 3.05) is 4.90 Å². The molecule has 7 aromatic carbocycles. The lowest BCUT2D eigenvalue weighted by atomic mass is 9.33. The number of anilines is 3. The van der Waals surface area contributed by atoms with Crippen molar-refractivity contribution in [2.24, 2.45) is 0 Å². The molecular formula is C46H33BN2. The van der Waals surface area contributed by atoms with Crippen molar-refractivity contribution >= 4 is 51.1 Å². The van der Waals surface area contributed by atoms with Gasteiger partial charge in [-0.15, -0.1) is 0 Å². The fourth-order valence-corrected chi connectivity index (χ4v) is 8.32. The van der Waals surface area contributed by atoms with Crippen molar-refractivity contribution in [1.82, 2.24) is 4.57 Å². The summed E-state index contributed by atoms with van der Waals surface area (Å²) >= 11 is 0. The Kier molecular flexibility index (Phi) is 6.13. The summed E-state index contributed by atoms with van der Waals surface area (Å²) in [6.07, 6.45) is 0. The Morgan fingerprint density at radius 1 is 0.449 bits per heavy atom. The van der Waals surface area contributed by atoms with Gasteiger partial charge in [0.15, 0.2) is 0 Å². The molecule has 2 aliphatic rings. The van der Waals surface area contributed by atoms with Gasteiger partial charge < -0.3 is 9.47 Å². The number of fused-ring (bicyclic) bond motifs is 4. The Bertz CT molecular complexity index is 2550. The first kappa shape index (κ1) is 28.0. The first-order chi connectivity index (χ1) is 24.2. The van der Waals surface area contributed by atoms with Crippen LogP contribution in [0.1, 0.15) is 11.1 Å². The summed E-state index contributed by atoms with van der Waals surface area (Å²) in [6, 6.07) is 60.7. The van der Waals surface area contributed by atoms with E-state index >= 15 is 0 Å². The summed E-state index contributed by atoms with van der Waals surface area (Å²) < 4.78 is 2.60.